The molecule has 1 aromatic carbocycles. The first-order valence-electron chi connectivity index (χ1n) is 10.5. The number of benzene rings is 1. The molecule has 3 aromatic rings. The number of rotatable bonds is 5. The second-order valence-corrected chi connectivity index (χ2v) is 8.25. The second-order valence-electron chi connectivity index (χ2n) is 8.25. The van der Waals surface area contributed by atoms with Gasteiger partial charge in [-0.05, 0) is 37.5 Å². The Bertz CT molecular complexity index is 1040. The quantitative estimate of drug-likeness (QED) is 0.695. The van der Waals surface area contributed by atoms with Gasteiger partial charge in [-0.3, -0.25) is 4.79 Å². The van der Waals surface area contributed by atoms with Crippen LogP contribution in [0.4, 0.5) is 5.82 Å². The molecule has 0 atom stereocenters. The van der Waals surface area contributed by atoms with Gasteiger partial charge in [0, 0.05) is 38.8 Å². The number of fused-ring (bicyclic) bond motifs is 1. The zero-order valence-corrected chi connectivity index (χ0v) is 17.1. The van der Waals surface area contributed by atoms with E-state index in [1.807, 2.05) is 37.3 Å². The van der Waals surface area contributed by atoms with Crippen molar-refractivity contribution in [3.63, 3.8) is 0 Å². The largest absolute Gasteiger partial charge is 0.381 e. The SMILES string of the molecule is Cc1nnc2ccc(N3CC(CNC(=O)C4(c5ccccc5)CCOCC4)C3)nn12. The smallest absolute Gasteiger partial charge is 0.230 e. The lowest BCUT2D eigenvalue weighted by Crippen LogP contribution is -2.55. The Balaban J connectivity index is 1.21. The van der Waals surface area contributed by atoms with Gasteiger partial charge in [0.15, 0.2) is 11.5 Å². The van der Waals surface area contributed by atoms with Crippen molar-refractivity contribution in [3.05, 3.63) is 53.9 Å². The molecule has 0 radical (unpaired) electrons. The number of amides is 1. The molecular formula is C22H26N6O2. The summed E-state index contributed by atoms with van der Waals surface area (Å²) < 4.78 is 7.31. The molecule has 0 spiro atoms. The molecule has 0 bridgehead atoms. The summed E-state index contributed by atoms with van der Waals surface area (Å²) in [6, 6.07) is 14.0. The van der Waals surface area contributed by atoms with Crippen LogP contribution in [-0.2, 0) is 14.9 Å². The Hall–Kier alpha value is -3.00. The third-order valence-corrected chi connectivity index (χ3v) is 6.34. The lowest BCUT2D eigenvalue weighted by molar-refractivity contribution is -0.130. The maximum Gasteiger partial charge on any atom is 0.230 e. The molecule has 2 aliphatic rings. The lowest BCUT2D eigenvalue weighted by Gasteiger charge is -2.41. The fourth-order valence-corrected chi connectivity index (χ4v) is 4.47. The number of carbonyl (C=O) groups excluding carboxylic acids is 1. The highest BCUT2D eigenvalue weighted by Gasteiger charge is 2.42. The van der Waals surface area contributed by atoms with E-state index in [1.54, 1.807) is 4.52 Å². The number of aromatic nitrogens is 4. The highest BCUT2D eigenvalue weighted by atomic mass is 16.5. The lowest BCUT2D eigenvalue weighted by atomic mass is 9.73. The van der Waals surface area contributed by atoms with Gasteiger partial charge in [0.2, 0.25) is 5.91 Å². The van der Waals surface area contributed by atoms with Gasteiger partial charge in [0.1, 0.15) is 5.82 Å². The number of anilines is 1. The molecule has 1 amide bonds. The predicted octanol–water partition coefficient (Wildman–Crippen LogP) is 1.73. The van der Waals surface area contributed by atoms with Crippen LogP contribution in [0.5, 0.6) is 0 Å². The molecule has 0 saturated carbocycles. The Kier molecular flexibility index (Phi) is 4.86. The molecule has 2 aromatic heterocycles. The molecule has 8 nitrogen and oxygen atoms in total. The fraction of sp³-hybridized carbons (Fsp3) is 0.455. The van der Waals surface area contributed by atoms with Crippen molar-refractivity contribution in [2.75, 3.05) is 37.7 Å². The summed E-state index contributed by atoms with van der Waals surface area (Å²) in [6.45, 7) is 5.57. The van der Waals surface area contributed by atoms with Crippen LogP contribution < -0.4 is 10.2 Å². The molecular weight excluding hydrogens is 380 g/mol. The van der Waals surface area contributed by atoms with Crippen LogP contribution in [0.15, 0.2) is 42.5 Å². The summed E-state index contributed by atoms with van der Waals surface area (Å²) >= 11 is 0. The average Bonchev–Trinajstić information content (AvgIpc) is 3.14. The standard InChI is InChI=1S/C22H26N6O2/c1-16-24-25-19-7-8-20(26-28(16)19)27-14-17(15-27)13-23-21(29)22(9-11-30-12-10-22)18-5-3-2-4-6-18/h2-8,17H,9-15H2,1H3,(H,23,29). The van der Waals surface area contributed by atoms with E-state index in [0.29, 0.717) is 25.7 Å². The monoisotopic (exact) mass is 406 g/mol. The predicted molar refractivity (Wildman–Crippen MR) is 112 cm³/mol. The minimum atomic E-state index is -0.485. The van der Waals surface area contributed by atoms with Crippen LogP contribution in [0.3, 0.4) is 0 Å². The molecule has 1 N–H and O–H groups in total. The van der Waals surface area contributed by atoms with Crippen molar-refractivity contribution < 1.29 is 9.53 Å². The Morgan fingerprint density at radius 3 is 2.67 bits per heavy atom. The van der Waals surface area contributed by atoms with E-state index >= 15 is 0 Å². The summed E-state index contributed by atoms with van der Waals surface area (Å²) in [5.74, 6) is 2.23. The number of hydrogen-bond donors (Lipinski definition) is 1. The summed E-state index contributed by atoms with van der Waals surface area (Å²) in [4.78, 5) is 15.5. The molecule has 2 fully saturated rings. The van der Waals surface area contributed by atoms with Crippen LogP contribution in [0.25, 0.3) is 5.65 Å². The summed E-state index contributed by atoms with van der Waals surface area (Å²) in [5, 5.41) is 16.0. The first-order valence-corrected chi connectivity index (χ1v) is 10.5. The molecule has 8 heteroatoms. The molecule has 0 aliphatic carbocycles. The number of carbonyl (C=O) groups is 1. The topological polar surface area (TPSA) is 84.7 Å². The van der Waals surface area contributed by atoms with Gasteiger partial charge in [0.25, 0.3) is 0 Å². The van der Waals surface area contributed by atoms with Crippen molar-refractivity contribution in [1.82, 2.24) is 25.1 Å². The summed E-state index contributed by atoms with van der Waals surface area (Å²) in [7, 11) is 0. The van der Waals surface area contributed by atoms with Crippen molar-refractivity contribution in [2.45, 2.75) is 25.2 Å². The maximum absolute atomic E-state index is 13.3. The highest BCUT2D eigenvalue weighted by molar-refractivity contribution is 5.88. The van der Waals surface area contributed by atoms with Gasteiger partial charge in [-0.2, -0.15) is 4.52 Å². The van der Waals surface area contributed by atoms with Crippen LogP contribution in [0, 0.1) is 12.8 Å². The van der Waals surface area contributed by atoms with Gasteiger partial charge in [-0.15, -0.1) is 15.3 Å². The van der Waals surface area contributed by atoms with Crippen LogP contribution in [-0.4, -0.2) is 58.6 Å². The summed E-state index contributed by atoms with van der Waals surface area (Å²) in [5.41, 5.74) is 1.35. The molecule has 5 rings (SSSR count). The van der Waals surface area contributed by atoms with Gasteiger partial charge in [0.05, 0.1) is 5.41 Å². The normalized spacial score (nSPS) is 18.9. The maximum atomic E-state index is 13.3. The van der Waals surface area contributed by atoms with Crippen LogP contribution in [0.1, 0.15) is 24.2 Å². The van der Waals surface area contributed by atoms with E-state index in [0.717, 1.165) is 48.8 Å². The summed E-state index contributed by atoms with van der Waals surface area (Å²) in [6.07, 6.45) is 1.45. The van der Waals surface area contributed by atoms with E-state index in [-0.39, 0.29) is 5.91 Å². The first-order chi connectivity index (χ1) is 14.7. The van der Waals surface area contributed by atoms with Gasteiger partial charge < -0.3 is 15.0 Å². The Labute approximate surface area is 175 Å². The number of nitrogens with zero attached hydrogens (tertiary/aromatic N) is 5. The number of hydrogen-bond acceptors (Lipinski definition) is 6. The van der Waals surface area contributed by atoms with Crippen molar-refractivity contribution >= 4 is 17.4 Å². The van der Waals surface area contributed by atoms with Crippen LogP contribution in [0.2, 0.25) is 0 Å². The minimum Gasteiger partial charge on any atom is -0.381 e. The van der Waals surface area contributed by atoms with E-state index in [1.165, 1.54) is 0 Å². The zero-order valence-electron chi connectivity index (χ0n) is 17.1. The zero-order chi connectivity index (χ0) is 20.6. The minimum absolute atomic E-state index is 0.120. The van der Waals surface area contributed by atoms with Crippen molar-refractivity contribution in [3.8, 4) is 0 Å². The molecule has 2 saturated heterocycles. The van der Waals surface area contributed by atoms with E-state index in [4.69, 9.17) is 4.74 Å². The van der Waals surface area contributed by atoms with Crippen LogP contribution >= 0.6 is 0 Å². The molecule has 2 aliphatic heterocycles. The van der Waals surface area contributed by atoms with Gasteiger partial charge in [-0.1, -0.05) is 30.3 Å². The number of aryl methyl sites for hydroxylation is 1. The molecule has 4 heterocycles. The van der Waals surface area contributed by atoms with E-state index in [9.17, 15) is 4.79 Å². The third-order valence-electron chi connectivity index (χ3n) is 6.34. The molecule has 156 valence electrons. The Morgan fingerprint density at radius 2 is 1.90 bits per heavy atom. The Morgan fingerprint density at radius 1 is 1.13 bits per heavy atom. The second kappa shape index (κ2) is 7.68. The molecule has 0 unspecified atom stereocenters. The van der Waals surface area contributed by atoms with E-state index < -0.39 is 5.41 Å². The molecule has 30 heavy (non-hydrogen) atoms. The number of ether oxygens (including phenoxy) is 1. The first kappa shape index (κ1) is 19.0. The van der Waals surface area contributed by atoms with Crippen molar-refractivity contribution in [2.24, 2.45) is 5.92 Å². The highest BCUT2D eigenvalue weighted by Crippen LogP contribution is 2.35. The van der Waals surface area contributed by atoms with E-state index in [2.05, 4.69) is 37.6 Å². The fourth-order valence-electron chi connectivity index (χ4n) is 4.47. The average molecular weight is 406 g/mol. The van der Waals surface area contributed by atoms with Gasteiger partial charge in [-0.25, -0.2) is 0 Å². The van der Waals surface area contributed by atoms with Gasteiger partial charge >= 0.3 is 0 Å². The number of nitrogens with one attached hydrogen (secondary N) is 1. The third kappa shape index (κ3) is 3.31. The van der Waals surface area contributed by atoms with Crippen molar-refractivity contribution in [1.29, 1.82) is 0 Å².